The van der Waals surface area contributed by atoms with Crippen LogP contribution in [0.5, 0.6) is 0 Å². The number of nitrogens with zero attached hydrogens (tertiary/aromatic N) is 2. The molecule has 0 heterocycles. The molecular weight excluding hydrogens is 320 g/mol. The monoisotopic (exact) mass is 336 g/mol. The van der Waals surface area contributed by atoms with Crippen molar-refractivity contribution in [2.24, 2.45) is 10.2 Å². The predicted molar refractivity (Wildman–Crippen MR) is 97.5 cm³/mol. The van der Waals surface area contributed by atoms with Gasteiger partial charge in [-0.25, -0.2) is 0 Å². The molecule has 0 saturated heterocycles. The topological polar surface area (TPSA) is 62.0 Å². The van der Waals surface area contributed by atoms with Crippen LogP contribution in [0.15, 0.2) is 81.9 Å². The normalized spacial score (nSPS) is 12.5. The molecule has 4 nitrogen and oxygen atoms in total. The number of rotatable bonds is 5. The highest BCUT2D eigenvalue weighted by Crippen LogP contribution is 2.36. The molecule has 0 fully saturated rings. The van der Waals surface area contributed by atoms with Gasteiger partial charge in [0.2, 0.25) is 0 Å². The van der Waals surface area contributed by atoms with Gasteiger partial charge in [0.25, 0.3) is 0 Å². The van der Waals surface area contributed by atoms with Crippen molar-refractivity contribution >= 4 is 39.9 Å². The Kier molecular flexibility index (Phi) is 4.91. The summed E-state index contributed by atoms with van der Waals surface area (Å²) in [5, 5.41) is 19.2. The fourth-order valence-electron chi connectivity index (χ4n) is 2.29. The Morgan fingerprint density at radius 3 is 2.29 bits per heavy atom. The molecular formula is C19H16N2O2S. The molecule has 1 unspecified atom stereocenters. The van der Waals surface area contributed by atoms with Gasteiger partial charge in [0, 0.05) is 10.3 Å². The first-order valence-electron chi connectivity index (χ1n) is 7.53. The number of fused-ring (bicyclic) bond motifs is 1. The lowest BCUT2D eigenvalue weighted by atomic mass is 10.1. The number of aliphatic carboxylic acids is 1. The van der Waals surface area contributed by atoms with Crippen LogP contribution in [-0.2, 0) is 4.79 Å². The summed E-state index contributed by atoms with van der Waals surface area (Å²) >= 11 is 1.33. The highest BCUT2D eigenvalue weighted by atomic mass is 32.2. The fourth-order valence-corrected chi connectivity index (χ4v) is 3.23. The van der Waals surface area contributed by atoms with Gasteiger partial charge in [0.15, 0.2) is 0 Å². The van der Waals surface area contributed by atoms with E-state index in [0.717, 1.165) is 27.0 Å². The first-order chi connectivity index (χ1) is 11.6. The zero-order chi connectivity index (χ0) is 16.9. The average Bonchev–Trinajstić information content (AvgIpc) is 2.61. The first-order valence-corrected chi connectivity index (χ1v) is 8.41. The second-order valence-corrected chi connectivity index (χ2v) is 6.64. The fraction of sp³-hybridized carbons (Fsp3) is 0.105. The molecule has 3 rings (SSSR count). The largest absolute Gasteiger partial charge is 0.480 e. The third kappa shape index (κ3) is 3.63. The number of carboxylic acid groups (broad SMARTS) is 1. The SMILES string of the molecule is CC(Sc1ccc(N=Nc2ccccc2)c2ccccc12)C(=O)O. The number of hydrogen-bond acceptors (Lipinski definition) is 4. The Morgan fingerprint density at radius 1 is 0.917 bits per heavy atom. The Balaban J connectivity index is 1.99. The van der Waals surface area contributed by atoms with Crippen LogP contribution in [0.3, 0.4) is 0 Å². The number of carboxylic acids is 1. The second kappa shape index (κ2) is 7.27. The number of azo groups is 1. The maximum absolute atomic E-state index is 11.1. The standard InChI is InChI=1S/C19H16N2O2S/c1-13(19(22)23)24-18-12-11-17(15-9-5-6-10-16(15)18)21-20-14-7-3-2-4-8-14/h2-13H,1H3,(H,22,23). The molecule has 0 aliphatic carbocycles. The van der Waals surface area contributed by atoms with Crippen LogP contribution in [0.1, 0.15) is 6.92 Å². The molecule has 0 bridgehead atoms. The van der Waals surface area contributed by atoms with Crippen LogP contribution in [0.2, 0.25) is 0 Å². The minimum Gasteiger partial charge on any atom is -0.480 e. The molecule has 0 amide bonds. The summed E-state index contributed by atoms with van der Waals surface area (Å²) in [5.41, 5.74) is 1.56. The van der Waals surface area contributed by atoms with Gasteiger partial charge in [-0.2, -0.15) is 5.11 Å². The van der Waals surface area contributed by atoms with Gasteiger partial charge < -0.3 is 5.11 Å². The summed E-state index contributed by atoms with van der Waals surface area (Å²) in [6.07, 6.45) is 0. The highest BCUT2D eigenvalue weighted by Gasteiger charge is 2.15. The lowest BCUT2D eigenvalue weighted by Crippen LogP contribution is -2.11. The van der Waals surface area contributed by atoms with E-state index >= 15 is 0 Å². The van der Waals surface area contributed by atoms with Crippen molar-refractivity contribution in [2.75, 3.05) is 0 Å². The number of benzene rings is 3. The number of thioether (sulfide) groups is 1. The summed E-state index contributed by atoms with van der Waals surface area (Å²) in [6.45, 7) is 1.69. The smallest absolute Gasteiger partial charge is 0.316 e. The van der Waals surface area contributed by atoms with E-state index in [0.29, 0.717) is 0 Å². The Labute approximate surface area is 144 Å². The van der Waals surface area contributed by atoms with E-state index in [9.17, 15) is 4.79 Å². The second-order valence-electron chi connectivity index (χ2n) is 5.26. The summed E-state index contributed by atoms with van der Waals surface area (Å²) in [7, 11) is 0. The Morgan fingerprint density at radius 2 is 1.58 bits per heavy atom. The Hall–Kier alpha value is -2.66. The van der Waals surface area contributed by atoms with E-state index in [1.54, 1.807) is 6.92 Å². The number of carbonyl (C=O) groups is 1. The third-order valence-electron chi connectivity index (χ3n) is 3.54. The van der Waals surface area contributed by atoms with Crippen LogP contribution in [-0.4, -0.2) is 16.3 Å². The van der Waals surface area contributed by atoms with Gasteiger partial charge in [0.1, 0.15) is 5.25 Å². The molecule has 5 heteroatoms. The lowest BCUT2D eigenvalue weighted by Gasteiger charge is -2.10. The van der Waals surface area contributed by atoms with E-state index in [-0.39, 0.29) is 0 Å². The van der Waals surface area contributed by atoms with Gasteiger partial charge in [-0.3, -0.25) is 4.79 Å². The lowest BCUT2D eigenvalue weighted by molar-refractivity contribution is -0.136. The van der Waals surface area contributed by atoms with Crippen molar-refractivity contribution < 1.29 is 9.90 Å². The van der Waals surface area contributed by atoms with Crippen LogP contribution in [0.25, 0.3) is 10.8 Å². The van der Waals surface area contributed by atoms with Gasteiger partial charge in [-0.1, -0.05) is 42.5 Å². The number of hydrogen-bond donors (Lipinski definition) is 1. The minimum absolute atomic E-state index is 0.509. The van der Waals surface area contributed by atoms with Gasteiger partial charge in [-0.15, -0.1) is 16.9 Å². The third-order valence-corrected chi connectivity index (χ3v) is 4.71. The van der Waals surface area contributed by atoms with Crippen LogP contribution in [0.4, 0.5) is 11.4 Å². The van der Waals surface area contributed by atoms with Gasteiger partial charge in [0.05, 0.1) is 11.4 Å². The van der Waals surface area contributed by atoms with Gasteiger partial charge >= 0.3 is 5.97 Å². The summed E-state index contributed by atoms with van der Waals surface area (Å²) in [5.74, 6) is -0.822. The predicted octanol–water partition coefficient (Wildman–Crippen LogP) is 5.82. The molecule has 0 radical (unpaired) electrons. The van der Waals surface area contributed by atoms with Crippen LogP contribution < -0.4 is 0 Å². The van der Waals surface area contributed by atoms with E-state index in [4.69, 9.17) is 5.11 Å². The first kappa shape index (κ1) is 16.2. The summed E-state index contributed by atoms with van der Waals surface area (Å²) in [4.78, 5) is 12.0. The molecule has 3 aromatic carbocycles. The summed E-state index contributed by atoms with van der Waals surface area (Å²) in [6, 6.07) is 21.2. The molecule has 0 saturated carbocycles. The van der Waals surface area contributed by atoms with Crippen LogP contribution in [0, 0.1) is 0 Å². The summed E-state index contributed by atoms with van der Waals surface area (Å²) < 4.78 is 0. The molecule has 0 aromatic heterocycles. The van der Waals surface area contributed by atoms with Crippen LogP contribution >= 0.6 is 11.8 Å². The Bertz CT molecular complexity index is 894. The van der Waals surface area contributed by atoms with Crippen molar-refractivity contribution in [3.05, 3.63) is 66.7 Å². The molecule has 0 aliphatic rings. The van der Waals surface area contributed by atoms with E-state index < -0.39 is 11.2 Å². The van der Waals surface area contributed by atoms with Crippen molar-refractivity contribution in [3.63, 3.8) is 0 Å². The molecule has 1 atom stereocenters. The highest BCUT2D eigenvalue weighted by molar-refractivity contribution is 8.00. The van der Waals surface area contributed by atoms with Gasteiger partial charge in [-0.05, 0) is 36.6 Å². The molecule has 3 aromatic rings. The minimum atomic E-state index is -0.822. The maximum atomic E-state index is 11.1. The average molecular weight is 336 g/mol. The van der Waals surface area contributed by atoms with E-state index in [1.807, 2.05) is 66.7 Å². The molecule has 1 N–H and O–H groups in total. The van der Waals surface area contributed by atoms with E-state index in [1.165, 1.54) is 11.8 Å². The molecule has 0 spiro atoms. The van der Waals surface area contributed by atoms with E-state index in [2.05, 4.69) is 10.2 Å². The van der Waals surface area contributed by atoms with Crippen molar-refractivity contribution in [1.82, 2.24) is 0 Å². The molecule has 24 heavy (non-hydrogen) atoms. The molecule has 0 aliphatic heterocycles. The maximum Gasteiger partial charge on any atom is 0.316 e. The van der Waals surface area contributed by atoms with Crippen molar-refractivity contribution in [1.29, 1.82) is 0 Å². The molecule has 120 valence electrons. The quantitative estimate of drug-likeness (QED) is 0.471. The zero-order valence-corrected chi connectivity index (χ0v) is 13.9. The zero-order valence-electron chi connectivity index (χ0n) is 13.1. The van der Waals surface area contributed by atoms with Crippen molar-refractivity contribution in [3.8, 4) is 0 Å². The van der Waals surface area contributed by atoms with Crippen molar-refractivity contribution in [2.45, 2.75) is 17.1 Å².